The number of aromatic nitrogens is 2. The zero-order chi connectivity index (χ0) is 17.3. The minimum absolute atomic E-state index is 0.149. The van der Waals surface area contributed by atoms with Crippen LogP contribution in [0.2, 0.25) is 0 Å². The molecule has 6 nitrogen and oxygen atoms in total. The van der Waals surface area contributed by atoms with Gasteiger partial charge in [-0.15, -0.1) is 0 Å². The Morgan fingerprint density at radius 2 is 2.04 bits per heavy atom. The fourth-order valence-electron chi connectivity index (χ4n) is 2.41. The van der Waals surface area contributed by atoms with Crippen molar-refractivity contribution >= 4 is 27.5 Å². The van der Waals surface area contributed by atoms with E-state index in [2.05, 4.69) is 36.1 Å². The predicted molar refractivity (Wildman–Crippen MR) is 92.3 cm³/mol. The van der Waals surface area contributed by atoms with E-state index >= 15 is 0 Å². The van der Waals surface area contributed by atoms with Crippen LogP contribution in [0.15, 0.2) is 27.7 Å². The third-order valence-corrected chi connectivity index (χ3v) is 4.89. The van der Waals surface area contributed by atoms with Crippen molar-refractivity contribution in [3.05, 3.63) is 45.6 Å². The Labute approximate surface area is 143 Å². The van der Waals surface area contributed by atoms with Gasteiger partial charge in [0.1, 0.15) is 0 Å². The van der Waals surface area contributed by atoms with E-state index in [0.717, 1.165) is 10.2 Å². The molecule has 2 heterocycles. The van der Waals surface area contributed by atoms with Crippen molar-refractivity contribution in [1.82, 2.24) is 9.72 Å². The summed E-state index contributed by atoms with van der Waals surface area (Å²) < 4.78 is 13.3. The van der Waals surface area contributed by atoms with Crippen molar-refractivity contribution in [2.24, 2.45) is 4.99 Å². The summed E-state index contributed by atoms with van der Waals surface area (Å²) in [6.07, 6.45) is 0. The number of fused-ring (bicyclic) bond motifs is 1. The Bertz CT molecular complexity index is 965. The number of aryl methyl sites for hydroxylation is 3. The molecule has 24 heavy (non-hydrogen) atoms. The van der Waals surface area contributed by atoms with E-state index in [1.54, 1.807) is 20.1 Å². The summed E-state index contributed by atoms with van der Waals surface area (Å²) in [7, 11) is 1.66. The van der Waals surface area contributed by atoms with Gasteiger partial charge in [-0.2, -0.15) is 4.99 Å². The number of carbonyl (C=O) groups is 1. The van der Waals surface area contributed by atoms with Crippen LogP contribution < -0.4 is 4.80 Å². The van der Waals surface area contributed by atoms with Crippen LogP contribution in [-0.2, 0) is 11.3 Å². The van der Waals surface area contributed by atoms with E-state index in [4.69, 9.17) is 9.26 Å². The Kier molecular flexibility index (Phi) is 4.64. The second kappa shape index (κ2) is 6.70. The molecule has 0 radical (unpaired) electrons. The van der Waals surface area contributed by atoms with Gasteiger partial charge >= 0.3 is 5.91 Å². The van der Waals surface area contributed by atoms with E-state index < -0.39 is 5.91 Å². The molecule has 1 amide bonds. The zero-order valence-electron chi connectivity index (χ0n) is 14.1. The van der Waals surface area contributed by atoms with Crippen LogP contribution in [0.4, 0.5) is 0 Å². The van der Waals surface area contributed by atoms with E-state index in [-0.39, 0.29) is 5.76 Å². The SMILES string of the molecule is COCCn1c(=NC(=O)c2cc(C)no2)sc2cc(C)c(C)cc21. The monoisotopic (exact) mass is 345 g/mol. The van der Waals surface area contributed by atoms with Gasteiger partial charge in [0, 0.05) is 19.7 Å². The van der Waals surface area contributed by atoms with E-state index in [0.29, 0.717) is 23.6 Å². The molecule has 0 fully saturated rings. The lowest BCUT2D eigenvalue weighted by molar-refractivity contribution is 0.0962. The highest BCUT2D eigenvalue weighted by atomic mass is 32.1. The predicted octanol–water partition coefficient (Wildman–Crippen LogP) is 3.00. The first kappa shape index (κ1) is 16.6. The lowest BCUT2D eigenvalue weighted by Gasteiger charge is -2.06. The lowest BCUT2D eigenvalue weighted by Crippen LogP contribution is -2.19. The van der Waals surface area contributed by atoms with Crippen LogP contribution in [0.1, 0.15) is 27.4 Å². The second-order valence-corrected chi connectivity index (χ2v) is 6.69. The van der Waals surface area contributed by atoms with Crippen molar-refractivity contribution in [3.8, 4) is 0 Å². The fourth-order valence-corrected chi connectivity index (χ4v) is 3.55. The molecule has 0 N–H and O–H groups in total. The summed E-state index contributed by atoms with van der Waals surface area (Å²) in [4.78, 5) is 17.2. The molecule has 0 unspecified atom stereocenters. The maximum absolute atomic E-state index is 12.3. The van der Waals surface area contributed by atoms with Crippen LogP contribution in [0.25, 0.3) is 10.2 Å². The highest BCUT2D eigenvalue weighted by Gasteiger charge is 2.13. The molecule has 0 saturated heterocycles. The van der Waals surface area contributed by atoms with Gasteiger partial charge in [-0.05, 0) is 44.0 Å². The third-order valence-electron chi connectivity index (χ3n) is 3.85. The number of hydrogen-bond donors (Lipinski definition) is 0. The topological polar surface area (TPSA) is 69.6 Å². The number of thiazole rings is 1. The molecule has 0 atom stereocenters. The molecule has 2 aromatic heterocycles. The van der Waals surface area contributed by atoms with E-state index in [9.17, 15) is 4.79 Å². The van der Waals surface area contributed by atoms with Gasteiger partial charge in [0.2, 0.25) is 5.76 Å². The number of methoxy groups -OCH3 is 1. The molecule has 0 aliphatic carbocycles. The van der Waals surface area contributed by atoms with Crippen molar-refractivity contribution in [2.75, 3.05) is 13.7 Å². The minimum Gasteiger partial charge on any atom is -0.383 e. The molecular weight excluding hydrogens is 326 g/mol. The van der Waals surface area contributed by atoms with Crippen molar-refractivity contribution < 1.29 is 14.1 Å². The molecule has 0 spiro atoms. The molecule has 0 aliphatic rings. The molecule has 3 rings (SSSR count). The number of rotatable bonds is 4. The number of benzene rings is 1. The standard InChI is InChI=1S/C17H19N3O3S/c1-10-7-13-15(8-11(10)2)24-17(20(13)5-6-22-4)18-16(21)14-9-12(3)19-23-14/h7-9H,5-6H2,1-4H3. The average molecular weight is 345 g/mol. The molecule has 3 aromatic rings. The normalized spacial score (nSPS) is 12.2. The molecule has 0 bridgehead atoms. The summed E-state index contributed by atoms with van der Waals surface area (Å²) in [6, 6.07) is 5.84. The van der Waals surface area contributed by atoms with Gasteiger partial charge in [0.25, 0.3) is 0 Å². The first-order chi connectivity index (χ1) is 11.5. The summed E-state index contributed by atoms with van der Waals surface area (Å²) in [5.41, 5.74) is 4.13. The first-order valence-electron chi connectivity index (χ1n) is 7.61. The summed E-state index contributed by atoms with van der Waals surface area (Å²) in [5.74, 6) is -0.280. The Morgan fingerprint density at radius 1 is 1.29 bits per heavy atom. The Balaban J connectivity index is 2.14. The number of nitrogens with zero attached hydrogens (tertiary/aromatic N) is 3. The van der Waals surface area contributed by atoms with E-state index in [1.165, 1.54) is 22.5 Å². The summed E-state index contributed by atoms with van der Waals surface area (Å²) in [6.45, 7) is 7.09. The van der Waals surface area contributed by atoms with Crippen molar-refractivity contribution in [2.45, 2.75) is 27.3 Å². The molecule has 1 aromatic carbocycles. The lowest BCUT2D eigenvalue weighted by atomic mass is 10.1. The molecular formula is C17H19N3O3S. The fraction of sp³-hybridized carbons (Fsp3) is 0.353. The largest absolute Gasteiger partial charge is 0.383 e. The maximum Gasteiger partial charge on any atom is 0.318 e. The summed E-state index contributed by atoms with van der Waals surface area (Å²) in [5, 5.41) is 3.74. The number of hydrogen-bond acceptors (Lipinski definition) is 5. The molecule has 0 saturated carbocycles. The highest BCUT2D eigenvalue weighted by molar-refractivity contribution is 7.16. The quantitative estimate of drug-likeness (QED) is 0.729. The smallest absolute Gasteiger partial charge is 0.318 e. The van der Waals surface area contributed by atoms with Crippen LogP contribution in [0, 0.1) is 20.8 Å². The highest BCUT2D eigenvalue weighted by Crippen LogP contribution is 2.22. The van der Waals surface area contributed by atoms with Crippen LogP contribution in [0.5, 0.6) is 0 Å². The van der Waals surface area contributed by atoms with Crippen molar-refractivity contribution in [3.63, 3.8) is 0 Å². The Hall–Kier alpha value is -2.25. The zero-order valence-corrected chi connectivity index (χ0v) is 14.9. The maximum atomic E-state index is 12.3. The van der Waals surface area contributed by atoms with Gasteiger partial charge in [0.05, 0.1) is 22.5 Å². The van der Waals surface area contributed by atoms with Crippen LogP contribution in [0.3, 0.4) is 0 Å². The van der Waals surface area contributed by atoms with Crippen LogP contribution >= 0.6 is 11.3 Å². The van der Waals surface area contributed by atoms with Crippen LogP contribution in [-0.4, -0.2) is 29.3 Å². The number of ether oxygens (including phenoxy) is 1. The molecule has 7 heteroatoms. The van der Waals surface area contributed by atoms with Gasteiger partial charge < -0.3 is 13.8 Å². The van der Waals surface area contributed by atoms with Crippen molar-refractivity contribution in [1.29, 1.82) is 0 Å². The average Bonchev–Trinajstić information content (AvgIpc) is 3.10. The first-order valence-corrected chi connectivity index (χ1v) is 8.43. The number of amides is 1. The minimum atomic E-state index is -0.429. The Morgan fingerprint density at radius 3 is 2.71 bits per heavy atom. The molecule has 126 valence electrons. The number of carbonyl (C=O) groups excluding carboxylic acids is 1. The third kappa shape index (κ3) is 3.18. The second-order valence-electron chi connectivity index (χ2n) is 5.68. The summed E-state index contributed by atoms with van der Waals surface area (Å²) >= 11 is 1.48. The van der Waals surface area contributed by atoms with Gasteiger partial charge in [-0.1, -0.05) is 16.5 Å². The van der Waals surface area contributed by atoms with E-state index in [1.807, 2.05) is 4.57 Å². The van der Waals surface area contributed by atoms with Gasteiger partial charge in [-0.25, -0.2) is 0 Å². The molecule has 0 aliphatic heterocycles. The van der Waals surface area contributed by atoms with Gasteiger partial charge in [0.15, 0.2) is 4.80 Å². The van der Waals surface area contributed by atoms with Gasteiger partial charge in [-0.3, -0.25) is 4.79 Å².